The number of hydrogen-bond donors (Lipinski definition) is 1. The van der Waals surface area contributed by atoms with Crippen LogP contribution in [0.1, 0.15) is 39.2 Å². The van der Waals surface area contributed by atoms with Crippen molar-refractivity contribution in [3.8, 4) is 5.75 Å². The summed E-state index contributed by atoms with van der Waals surface area (Å²) in [5, 5.41) is 3.34. The van der Waals surface area contributed by atoms with E-state index >= 15 is 0 Å². The summed E-state index contributed by atoms with van der Waals surface area (Å²) in [6.07, 6.45) is 1.44. The summed E-state index contributed by atoms with van der Waals surface area (Å²) in [4.78, 5) is 27.5. The van der Waals surface area contributed by atoms with Crippen LogP contribution in [0.4, 0.5) is 5.69 Å². The highest BCUT2D eigenvalue weighted by molar-refractivity contribution is 7.92. The van der Waals surface area contributed by atoms with Gasteiger partial charge in [0.15, 0.2) is 0 Å². The molecule has 0 spiro atoms. The van der Waals surface area contributed by atoms with Crippen LogP contribution in [0, 0.1) is 0 Å². The van der Waals surface area contributed by atoms with Crippen molar-refractivity contribution < 1.29 is 22.7 Å². The van der Waals surface area contributed by atoms with Crippen LogP contribution >= 0.6 is 11.6 Å². The number of halogens is 1. The Morgan fingerprint density at radius 2 is 1.77 bits per heavy atom. The van der Waals surface area contributed by atoms with Crippen LogP contribution in [0.3, 0.4) is 0 Å². The molecule has 0 bridgehead atoms. The third-order valence-corrected chi connectivity index (χ3v) is 6.95. The molecule has 0 aliphatic carbocycles. The van der Waals surface area contributed by atoms with Crippen LogP contribution in [0.2, 0.25) is 5.02 Å². The summed E-state index contributed by atoms with van der Waals surface area (Å²) in [6.45, 7) is 5.64. The fourth-order valence-corrected chi connectivity index (χ4v) is 4.72. The first-order chi connectivity index (χ1) is 16.4. The van der Waals surface area contributed by atoms with Gasteiger partial charge in [-0.2, -0.15) is 0 Å². The molecule has 2 aromatic carbocycles. The number of nitrogens with one attached hydrogen (secondary N) is 1. The third kappa shape index (κ3) is 8.43. The lowest BCUT2D eigenvalue weighted by Gasteiger charge is -2.30. The molecule has 35 heavy (non-hydrogen) atoms. The number of sulfonamides is 1. The molecular weight excluding hydrogens is 490 g/mol. The quantitative estimate of drug-likeness (QED) is 0.456. The molecular formula is C25H34ClN3O5S. The summed E-state index contributed by atoms with van der Waals surface area (Å²) < 4.78 is 31.3. The largest absolute Gasteiger partial charge is 0.497 e. The number of rotatable bonds is 12. The van der Waals surface area contributed by atoms with Gasteiger partial charge < -0.3 is 15.0 Å². The van der Waals surface area contributed by atoms with Gasteiger partial charge in [-0.25, -0.2) is 8.42 Å². The molecule has 2 rings (SSSR count). The zero-order valence-corrected chi connectivity index (χ0v) is 22.4. The lowest BCUT2D eigenvalue weighted by atomic mass is 10.1. The Labute approximate surface area is 213 Å². The van der Waals surface area contributed by atoms with Crippen molar-refractivity contribution in [1.29, 1.82) is 0 Å². The van der Waals surface area contributed by atoms with Crippen molar-refractivity contribution in [2.75, 3.05) is 24.2 Å². The molecule has 0 heterocycles. The molecule has 0 aromatic heterocycles. The zero-order valence-electron chi connectivity index (χ0n) is 20.8. The molecule has 1 N–H and O–H groups in total. The van der Waals surface area contributed by atoms with Gasteiger partial charge in [-0.15, -0.1) is 0 Å². The highest BCUT2D eigenvalue weighted by Gasteiger charge is 2.27. The van der Waals surface area contributed by atoms with Crippen LogP contribution < -0.4 is 14.4 Å². The number of carbonyl (C=O) groups is 2. The van der Waals surface area contributed by atoms with Crippen molar-refractivity contribution >= 4 is 39.1 Å². The minimum absolute atomic E-state index is 0.0553. The van der Waals surface area contributed by atoms with E-state index in [1.165, 1.54) is 16.3 Å². The van der Waals surface area contributed by atoms with Gasteiger partial charge in [0.2, 0.25) is 21.8 Å². The second-order valence-electron chi connectivity index (χ2n) is 8.59. The lowest BCUT2D eigenvalue weighted by Crippen LogP contribution is -2.49. The molecule has 2 amide bonds. The standard InChI is InChI=1S/C25H34ClN3O5S/c1-18(2)27-25(31)19(3)28(17-20-10-6-7-13-23(20)26)24(30)14-9-15-29(35(5,32)33)21-11-8-12-22(16-21)34-4/h6-8,10-13,16,18-19H,9,14-15,17H2,1-5H3,(H,27,31). The van der Waals surface area contributed by atoms with E-state index in [2.05, 4.69) is 5.32 Å². The molecule has 8 nitrogen and oxygen atoms in total. The number of benzene rings is 2. The van der Waals surface area contributed by atoms with Gasteiger partial charge in [0.1, 0.15) is 11.8 Å². The van der Waals surface area contributed by atoms with Crippen molar-refractivity contribution in [1.82, 2.24) is 10.2 Å². The molecule has 0 radical (unpaired) electrons. The van der Waals surface area contributed by atoms with Gasteiger partial charge in [-0.05, 0) is 51.0 Å². The number of carbonyl (C=O) groups excluding carboxylic acids is 2. The fourth-order valence-electron chi connectivity index (χ4n) is 3.57. The van der Waals surface area contributed by atoms with E-state index in [1.807, 2.05) is 26.0 Å². The van der Waals surface area contributed by atoms with E-state index in [4.69, 9.17) is 16.3 Å². The number of hydrogen-bond acceptors (Lipinski definition) is 5. The van der Waals surface area contributed by atoms with Crippen LogP contribution in [0.25, 0.3) is 0 Å². The Morgan fingerprint density at radius 3 is 2.37 bits per heavy atom. The first kappa shape index (κ1) is 28.5. The second-order valence-corrected chi connectivity index (χ2v) is 10.9. The molecule has 0 saturated heterocycles. The third-order valence-electron chi connectivity index (χ3n) is 5.39. The highest BCUT2D eigenvalue weighted by Crippen LogP contribution is 2.24. The Hall–Kier alpha value is -2.78. The Balaban J connectivity index is 2.19. The first-order valence-electron chi connectivity index (χ1n) is 11.4. The van der Waals surface area contributed by atoms with E-state index in [0.29, 0.717) is 16.5 Å². The number of anilines is 1. The Morgan fingerprint density at radius 1 is 1.09 bits per heavy atom. The van der Waals surface area contributed by atoms with E-state index < -0.39 is 16.1 Å². The minimum Gasteiger partial charge on any atom is -0.497 e. The van der Waals surface area contributed by atoms with Gasteiger partial charge in [0.25, 0.3) is 0 Å². The van der Waals surface area contributed by atoms with Gasteiger partial charge in [0.05, 0.1) is 19.1 Å². The van der Waals surface area contributed by atoms with Gasteiger partial charge >= 0.3 is 0 Å². The summed E-state index contributed by atoms with van der Waals surface area (Å²) in [5.41, 5.74) is 1.18. The molecule has 0 saturated carbocycles. The average molecular weight is 524 g/mol. The number of amides is 2. The van der Waals surface area contributed by atoms with Crippen LogP contribution in [-0.4, -0.2) is 57.1 Å². The maximum atomic E-state index is 13.3. The molecule has 0 aliphatic heterocycles. The van der Waals surface area contributed by atoms with Crippen molar-refractivity contribution in [2.45, 2.75) is 52.2 Å². The molecule has 10 heteroatoms. The van der Waals surface area contributed by atoms with E-state index in [0.717, 1.165) is 11.8 Å². The van der Waals surface area contributed by atoms with Crippen LogP contribution in [-0.2, 0) is 26.2 Å². The predicted molar refractivity (Wildman–Crippen MR) is 139 cm³/mol. The van der Waals surface area contributed by atoms with Crippen molar-refractivity contribution in [3.63, 3.8) is 0 Å². The Kier molecular flexibility index (Phi) is 10.4. The lowest BCUT2D eigenvalue weighted by molar-refractivity contribution is -0.140. The molecule has 1 atom stereocenters. The summed E-state index contributed by atoms with van der Waals surface area (Å²) in [6, 6.07) is 13.1. The maximum Gasteiger partial charge on any atom is 0.242 e. The summed E-state index contributed by atoms with van der Waals surface area (Å²) in [7, 11) is -2.08. The monoisotopic (exact) mass is 523 g/mol. The van der Waals surface area contributed by atoms with E-state index in [9.17, 15) is 18.0 Å². The van der Waals surface area contributed by atoms with Crippen molar-refractivity contribution in [2.24, 2.45) is 0 Å². The smallest absolute Gasteiger partial charge is 0.242 e. The minimum atomic E-state index is -3.59. The molecule has 192 valence electrons. The van der Waals surface area contributed by atoms with Gasteiger partial charge in [-0.1, -0.05) is 35.9 Å². The van der Waals surface area contributed by atoms with Gasteiger partial charge in [-0.3, -0.25) is 13.9 Å². The number of methoxy groups -OCH3 is 1. The summed E-state index contributed by atoms with van der Waals surface area (Å²) >= 11 is 6.31. The Bertz CT molecular complexity index is 1120. The number of ether oxygens (including phenoxy) is 1. The highest BCUT2D eigenvalue weighted by atomic mass is 35.5. The molecule has 0 aliphatic rings. The zero-order chi connectivity index (χ0) is 26.2. The predicted octanol–water partition coefficient (Wildman–Crippen LogP) is 3.84. The van der Waals surface area contributed by atoms with Crippen LogP contribution in [0.15, 0.2) is 48.5 Å². The fraction of sp³-hybridized carbons (Fsp3) is 0.440. The van der Waals surface area contributed by atoms with Crippen molar-refractivity contribution in [3.05, 3.63) is 59.1 Å². The normalized spacial score (nSPS) is 12.2. The van der Waals surface area contributed by atoms with E-state index in [-0.39, 0.29) is 43.8 Å². The average Bonchev–Trinajstić information content (AvgIpc) is 2.79. The topological polar surface area (TPSA) is 96.0 Å². The first-order valence-corrected chi connectivity index (χ1v) is 13.6. The maximum absolute atomic E-state index is 13.3. The second kappa shape index (κ2) is 12.8. The van der Waals surface area contributed by atoms with Crippen LogP contribution in [0.5, 0.6) is 5.75 Å². The molecule has 1 unspecified atom stereocenters. The van der Waals surface area contributed by atoms with Gasteiger partial charge in [0, 0.05) is 36.6 Å². The summed E-state index contributed by atoms with van der Waals surface area (Å²) in [5.74, 6) is -0.00639. The number of nitrogens with zero attached hydrogens (tertiary/aromatic N) is 2. The molecule has 2 aromatic rings. The van der Waals surface area contributed by atoms with E-state index in [1.54, 1.807) is 43.3 Å². The SMILES string of the molecule is COc1cccc(N(CCCC(=O)N(Cc2ccccc2Cl)C(C)C(=O)NC(C)C)S(C)(=O)=O)c1. The molecule has 0 fully saturated rings.